The fraction of sp³-hybridized carbons (Fsp3) is 0.562. The molecule has 2 aliphatic carbocycles. The summed E-state index contributed by atoms with van der Waals surface area (Å²) in [7, 11) is -3.32. The van der Waals surface area contributed by atoms with Gasteiger partial charge in [0.15, 0.2) is 5.66 Å². The van der Waals surface area contributed by atoms with Gasteiger partial charge in [0, 0.05) is 23.7 Å². The number of nitrogens with zero attached hydrogens (tertiary/aromatic N) is 2. The molecule has 24 heavy (non-hydrogen) atoms. The molecule has 0 aromatic heterocycles. The van der Waals surface area contributed by atoms with Crippen molar-refractivity contribution in [2.24, 2.45) is 10.2 Å². The molecule has 1 unspecified atom stereocenters. The summed E-state index contributed by atoms with van der Waals surface area (Å²) in [4.78, 5) is 12.5. The SMILES string of the molecule is O=C(NC1CCCC2(C1)N=N2)c1cccc(NS(=O)(=O)C2CC2)c1. The lowest BCUT2D eigenvalue weighted by Crippen LogP contribution is -2.40. The van der Waals surface area contributed by atoms with E-state index in [0.717, 1.165) is 25.7 Å². The van der Waals surface area contributed by atoms with Crippen LogP contribution in [0.25, 0.3) is 0 Å². The normalized spacial score (nSPS) is 24.6. The molecule has 1 aliphatic heterocycles. The van der Waals surface area contributed by atoms with Gasteiger partial charge in [0.2, 0.25) is 10.0 Å². The summed E-state index contributed by atoms with van der Waals surface area (Å²) in [6, 6.07) is 6.68. The smallest absolute Gasteiger partial charge is 0.251 e. The van der Waals surface area contributed by atoms with E-state index < -0.39 is 10.0 Å². The molecular weight excluding hydrogens is 328 g/mol. The average Bonchev–Trinajstić information content (AvgIpc) is 3.43. The molecule has 2 N–H and O–H groups in total. The highest BCUT2D eigenvalue weighted by atomic mass is 32.2. The van der Waals surface area contributed by atoms with Crippen LogP contribution in [0.15, 0.2) is 34.5 Å². The Balaban J connectivity index is 1.41. The van der Waals surface area contributed by atoms with Gasteiger partial charge < -0.3 is 5.32 Å². The lowest BCUT2D eigenvalue weighted by atomic mass is 9.88. The number of rotatable bonds is 5. The number of hydrogen-bond acceptors (Lipinski definition) is 5. The first kappa shape index (κ1) is 15.6. The van der Waals surface area contributed by atoms with Gasteiger partial charge in [0.05, 0.1) is 5.25 Å². The molecule has 1 aromatic rings. The van der Waals surface area contributed by atoms with Crippen LogP contribution in [0.3, 0.4) is 0 Å². The Kier molecular flexibility index (Phi) is 3.59. The van der Waals surface area contributed by atoms with Gasteiger partial charge in [-0.05, 0) is 50.3 Å². The third-order valence-corrected chi connectivity index (χ3v) is 6.64. The Morgan fingerprint density at radius 2 is 2.00 bits per heavy atom. The first-order chi connectivity index (χ1) is 11.5. The third kappa shape index (κ3) is 3.28. The lowest BCUT2D eigenvalue weighted by molar-refractivity contribution is 0.0922. The highest BCUT2D eigenvalue weighted by molar-refractivity contribution is 7.93. The highest BCUT2D eigenvalue weighted by Gasteiger charge is 2.44. The number of carbonyl (C=O) groups excluding carboxylic acids is 1. The van der Waals surface area contributed by atoms with E-state index in [1.165, 1.54) is 0 Å². The predicted octanol–water partition coefficient (Wildman–Crippen LogP) is 2.43. The zero-order valence-electron chi connectivity index (χ0n) is 13.2. The Morgan fingerprint density at radius 3 is 2.71 bits per heavy atom. The summed E-state index contributed by atoms with van der Waals surface area (Å²) < 4.78 is 26.6. The summed E-state index contributed by atoms with van der Waals surface area (Å²) in [6.07, 6.45) is 5.06. The zero-order valence-corrected chi connectivity index (χ0v) is 14.1. The van der Waals surface area contributed by atoms with Gasteiger partial charge in [-0.15, -0.1) is 0 Å². The number of benzene rings is 1. The summed E-state index contributed by atoms with van der Waals surface area (Å²) in [5, 5.41) is 10.9. The number of amides is 1. The molecule has 8 heteroatoms. The molecule has 128 valence electrons. The van der Waals surface area contributed by atoms with Gasteiger partial charge in [-0.2, -0.15) is 10.2 Å². The molecule has 2 saturated carbocycles. The van der Waals surface area contributed by atoms with Gasteiger partial charge in [-0.1, -0.05) is 6.07 Å². The quantitative estimate of drug-likeness (QED) is 0.854. The van der Waals surface area contributed by atoms with Crippen LogP contribution < -0.4 is 10.0 Å². The Labute approximate surface area is 141 Å². The summed E-state index contributed by atoms with van der Waals surface area (Å²) in [5.74, 6) is -0.190. The second-order valence-electron chi connectivity index (χ2n) is 6.88. The topological polar surface area (TPSA) is 100.0 Å². The standard InChI is InChI=1S/C16H20N4O3S/c21-15(17-13-5-2-8-16(10-13)19-20-16)11-3-1-4-12(9-11)18-24(22,23)14-6-7-14/h1,3-4,9,13-14,18H,2,5-8,10H2,(H,17,21). The molecular formula is C16H20N4O3S. The fourth-order valence-corrected chi connectivity index (χ4v) is 4.60. The zero-order chi connectivity index (χ0) is 16.8. The minimum Gasteiger partial charge on any atom is -0.349 e. The van der Waals surface area contributed by atoms with Gasteiger partial charge in [0.1, 0.15) is 0 Å². The van der Waals surface area contributed by atoms with E-state index in [1.807, 2.05) is 0 Å². The Bertz CT molecular complexity index is 795. The lowest BCUT2D eigenvalue weighted by Gasteiger charge is -2.26. The molecule has 1 heterocycles. The Hall–Kier alpha value is -1.96. The van der Waals surface area contributed by atoms with Crippen molar-refractivity contribution < 1.29 is 13.2 Å². The molecule has 4 rings (SSSR count). The number of anilines is 1. The van der Waals surface area contributed by atoms with E-state index in [1.54, 1.807) is 24.3 Å². The number of nitrogens with one attached hydrogen (secondary N) is 2. The summed E-state index contributed by atoms with van der Waals surface area (Å²) in [5.41, 5.74) is 0.648. The van der Waals surface area contributed by atoms with Crippen molar-refractivity contribution in [3.8, 4) is 0 Å². The molecule has 0 radical (unpaired) electrons. The Morgan fingerprint density at radius 1 is 1.21 bits per heavy atom. The van der Waals surface area contributed by atoms with Crippen LogP contribution in [-0.4, -0.2) is 31.3 Å². The maximum absolute atomic E-state index is 12.5. The van der Waals surface area contributed by atoms with Crippen LogP contribution in [0.5, 0.6) is 0 Å². The third-order valence-electron chi connectivity index (χ3n) is 4.77. The van der Waals surface area contributed by atoms with Crippen LogP contribution in [-0.2, 0) is 10.0 Å². The summed E-state index contributed by atoms with van der Waals surface area (Å²) >= 11 is 0. The molecule has 2 fully saturated rings. The van der Waals surface area contributed by atoms with E-state index in [-0.39, 0.29) is 22.9 Å². The minimum atomic E-state index is -3.32. The second-order valence-corrected chi connectivity index (χ2v) is 8.84. The molecule has 7 nitrogen and oxygen atoms in total. The van der Waals surface area contributed by atoms with Crippen molar-refractivity contribution in [3.05, 3.63) is 29.8 Å². The van der Waals surface area contributed by atoms with Crippen LogP contribution in [0, 0.1) is 0 Å². The van der Waals surface area contributed by atoms with Crippen molar-refractivity contribution in [2.75, 3.05) is 4.72 Å². The number of carbonyl (C=O) groups is 1. The number of hydrogen-bond donors (Lipinski definition) is 2. The molecule has 1 amide bonds. The molecule has 0 saturated heterocycles. The van der Waals surface area contributed by atoms with Gasteiger partial charge in [0.25, 0.3) is 5.91 Å². The van der Waals surface area contributed by atoms with Crippen molar-refractivity contribution in [2.45, 2.75) is 55.5 Å². The number of sulfonamides is 1. The van der Waals surface area contributed by atoms with E-state index in [2.05, 4.69) is 20.3 Å². The maximum Gasteiger partial charge on any atom is 0.251 e. The van der Waals surface area contributed by atoms with Crippen molar-refractivity contribution in [1.82, 2.24) is 5.32 Å². The predicted molar refractivity (Wildman–Crippen MR) is 89.3 cm³/mol. The van der Waals surface area contributed by atoms with Crippen LogP contribution in [0.1, 0.15) is 48.9 Å². The largest absolute Gasteiger partial charge is 0.349 e. The van der Waals surface area contributed by atoms with Gasteiger partial charge >= 0.3 is 0 Å². The van der Waals surface area contributed by atoms with E-state index in [4.69, 9.17) is 0 Å². The molecule has 1 aromatic carbocycles. The van der Waals surface area contributed by atoms with Crippen molar-refractivity contribution >= 4 is 21.6 Å². The molecule has 0 bridgehead atoms. The minimum absolute atomic E-state index is 0.0630. The van der Waals surface area contributed by atoms with E-state index in [9.17, 15) is 13.2 Å². The van der Waals surface area contributed by atoms with E-state index in [0.29, 0.717) is 24.1 Å². The second kappa shape index (κ2) is 5.54. The first-order valence-electron chi connectivity index (χ1n) is 8.32. The highest BCUT2D eigenvalue weighted by Crippen LogP contribution is 2.42. The van der Waals surface area contributed by atoms with Gasteiger partial charge in [-0.25, -0.2) is 8.42 Å². The molecule has 1 spiro atoms. The van der Waals surface area contributed by atoms with Crippen LogP contribution in [0.4, 0.5) is 5.69 Å². The first-order valence-corrected chi connectivity index (χ1v) is 9.87. The van der Waals surface area contributed by atoms with Crippen molar-refractivity contribution in [3.63, 3.8) is 0 Å². The van der Waals surface area contributed by atoms with Gasteiger partial charge in [-0.3, -0.25) is 9.52 Å². The average molecular weight is 348 g/mol. The van der Waals surface area contributed by atoms with Crippen LogP contribution >= 0.6 is 0 Å². The maximum atomic E-state index is 12.5. The molecule has 3 aliphatic rings. The molecule has 1 atom stereocenters. The van der Waals surface area contributed by atoms with Crippen LogP contribution in [0.2, 0.25) is 0 Å². The monoisotopic (exact) mass is 348 g/mol. The van der Waals surface area contributed by atoms with E-state index >= 15 is 0 Å². The fourth-order valence-electron chi connectivity index (χ4n) is 3.22. The summed E-state index contributed by atoms with van der Waals surface area (Å²) in [6.45, 7) is 0. The van der Waals surface area contributed by atoms with Crippen molar-refractivity contribution in [1.29, 1.82) is 0 Å².